The molecule has 90 valence electrons. The maximum atomic E-state index is 11.7. The molecule has 3 nitrogen and oxygen atoms in total. The van der Waals surface area contributed by atoms with E-state index in [4.69, 9.17) is 5.73 Å². The largest absolute Gasteiger partial charge is 0.398 e. The topological polar surface area (TPSA) is 55.1 Å². The first-order chi connectivity index (χ1) is 7.65. The molecule has 0 aliphatic carbocycles. The minimum Gasteiger partial charge on any atom is -0.398 e. The summed E-state index contributed by atoms with van der Waals surface area (Å²) in [7, 11) is 0. The second kappa shape index (κ2) is 6.81. The molecule has 1 aromatic rings. The first-order valence-electron chi connectivity index (χ1n) is 5.28. The number of nitrogen functional groups attached to an aromatic ring is 1. The van der Waals surface area contributed by atoms with Crippen LogP contribution in [0.5, 0.6) is 0 Å². The van der Waals surface area contributed by atoms with Crippen molar-refractivity contribution >= 4 is 34.7 Å². The first kappa shape index (κ1) is 13.4. The molecule has 1 aromatic heterocycles. The van der Waals surface area contributed by atoms with Crippen LogP contribution in [0, 0.1) is 6.92 Å². The number of carbonyl (C=O) groups is 1. The van der Waals surface area contributed by atoms with Crippen molar-refractivity contribution in [3.8, 4) is 0 Å². The SMILES string of the molecule is CSCCCCNC(=O)c1cc(N)c(C)s1. The molecule has 5 heteroatoms. The zero-order valence-electron chi connectivity index (χ0n) is 9.71. The van der Waals surface area contributed by atoms with E-state index in [9.17, 15) is 4.79 Å². The van der Waals surface area contributed by atoms with Crippen molar-refractivity contribution < 1.29 is 4.79 Å². The average molecular weight is 258 g/mol. The predicted octanol–water partition coefficient (Wildman–Crippen LogP) is 2.51. The molecule has 0 atom stereocenters. The summed E-state index contributed by atoms with van der Waals surface area (Å²) in [6.45, 7) is 2.67. The van der Waals surface area contributed by atoms with Gasteiger partial charge in [0.25, 0.3) is 5.91 Å². The number of anilines is 1. The van der Waals surface area contributed by atoms with Gasteiger partial charge in [-0.2, -0.15) is 11.8 Å². The summed E-state index contributed by atoms with van der Waals surface area (Å²) < 4.78 is 0. The summed E-state index contributed by atoms with van der Waals surface area (Å²) in [6.07, 6.45) is 4.27. The molecule has 0 aliphatic rings. The Morgan fingerprint density at radius 1 is 1.56 bits per heavy atom. The van der Waals surface area contributed by atoms with Gasteiger partial charge in [-0.15, -0.1) is 11.3 Å². The fraction of sp³-hybridized carbons (Fsp3) is 0.545. The summed E-state index contributed by atoms with van der Waals surface area (Å²) in [5.74, 6) is 1.15. The third kappa shape index (κ3) is 4.06. The van der Waals surface area contributed by atoms with Crippen molar-refractivity contribution in [1.82, 2.24) is 5.32 Å². The van der Waals surface area contributed by atoms with Crippen molar-refractivity contribution in [1.29, 1.82) is 0 Å². The van der Waals surface area contributed by atoms with E-state index < -0.39 is 0 Å². The van der Waals surface area contributed by atoms with Crippen LogP contribution in [-0.4, -0.2) is 24.5 Å². The highest BCUT2D eigenvalue weighted by atomic mass is 32.2. The maximum absolute atomic E-state index is 11.7. The Bertz CT molecular complexity index is 330. The molecular formula is C11H18N2OS2. The third-order valence-electron chi connectivity index (χ3n) is 2.24. The zero-order chi connectivity index (χ0) is 12.0. The lowest BCUT2D eigenvalue weighted by Gasteiger charge is -2.02. The monoisotopic (exact) mass is 258 g/mol. The number of unbranched alkanes of at least 4 members (excludes halogenated alkanes) is 1. The molecule has 0 spiro atoms. The van der Waals surface area contributed by atoms with Gasteiger partial charge in [0, 0.05) is 17.1 Å². The van der Waals surface area contributed by atoms with Gasteiger partial charge in [-0.1, -0.05) is 0 Å². The Hall–Kier alpha value is -0.680. The number of rotatable bonds is 6. The quantitative estimate of drug-likeness (QED) is 0.771. The fourth-order valence-corrected chi connectivity index (χ4v) is 2.62. The number of amides is 1. The molecule has 0 unspecified atom stereocenters. The minimum atomic E-state index is -0.00560. The summed E-state index contributed by atoms with van der Waals surface area (Å²) >= 11 is 3.28. The van der Waals surface area contributed by atoms with Crippen molar-refractivity contribution in [3.63, 3.8) is 0 Å². The number of nitrogens with one attached hydrogen (secondary N) is 1. The molecule has 1 heterocycles. The van der Waals surface area contributed by atoms with Gasteiger partial charge in [-0.3, -0.25) is 4.79 Å². The average Bonchev–Trinajstić information content (AvgIpc) is 2.59. The van der Waals surface area contributed by atoms with Crippen LogP contribution in [0.3, 0.4) is 0 Å². The van der Waals surface area contributed by atoms with Crippen LogP contribution in [0.4, 0.5) is 5.69 Å². The van der Waals surface area contributed by atoms with Crippen LogP contribution in [0.2, 0.25) is 0 Å². The van der Waals surface area contributed by atoms with Crippen LogP contribution in [-0.2, 0) is 0 Å². The van der Waals surface area contributed by atoms with Gasteiger partial charge in [0.05, 0.1) is 4.88 Å². The summed E-state index contributed by atoms with van der Waals surface area (Å²) in [5, 5.41) is 2.91. The van der Waals surface area contributed by atoms with E-state index in [0.29, 0.717) is 10.6 Å². The Morgan fingerprint density at radius 3 is 2.88 bits per heavy atom. The number of thioether (sulfide) groups is 1. The van der Waals surface area contributed by atoms with Crippen LogP contribution < -0.4 is 11.1 Å². The van der Waals surface area contributed by atoms with Gasteiger partial charge >= 0.3 is 0 Å². The molecule has 0 aromatic carbocycles. The molecule has 0 fully saturated rings. The Labute approximate surface area is 105 Å². The van der Waals surface area contributed by atoms with Gasteiger partial charge in [0.15, 0.2) is 0 Å². The smallest absolute Gasteiger partial charge is 0.261 e. The van der Waals surface area contributed by atoms with Gasteiger partial charge in [-0.05, 0) is 37.8 Å². The Kier molecular flexibility index (Phi) is 5.69. The van der Waals surface area contributed by atoms with E-state index in [-0.39, 0.29) is 5.91 Å². The van der Waals surface area contributed by atoms with E-state index in [1.807, 2.05) is 18.7 Å². The molecule has 0 radical (unpaired) electrons. The highest BCUT2D eigenvalue weighted by molar-refractivity contribution is 7.98. The summed E-state index contributed by atoms with van der Waals surface area (Å²) in [5.41, 5.74) is 6.41. The van der Waals surface area contributed by atoms with E-state index >= 15 is 0 Å². The molecule has 0 saturated heterocycles. The normalized spacial score (nSPS) is 10.4. The number of carbonyl (C=O) groups excluding carboxylic acids is 1. The number of hydrogen-bond donors (Lipinski definition) is 2. The Morgan fingerprint density at radius 2 is 2.31 bits per heavy atom. The van der Waals surface area contributed by atoms with Gasteiger partial charge in [0.1, 0.15) is 0 Å². The number of aryl methyl sites for hydroxylation is 1. The standard InChI is InChI=1S/C11H18N2OS2/c1-8-9(12)7-10(16-8)11(14)13-5-3-4-6-15-2/h7H,3-6,12H2,1-2H3,(H,13,14). The lowest BCUT2D eigenvalue weighted by Crippen LogP contribution is -2.23. The van der Waals surface area contributed by atoms with Crippen LogP contribution in [0.25, 0.3) is 0 Å². The van der Waals surface area contributed by atoms with Crippen LogP contribution in [0.15, 0.2) is 6.07 Å². The van der Waals surface area contributed by atoms with E-state index in [1.54, 1.807) is 6.07 Å². The van der Waals surface area contributed by atoms with Crippen molar-refractivity contribution in [2.45, 2.75) is 19.8 Å². The highest BCUT2D eigenvalue weighted by Gasteiger charge is 2.09. The lowest BCUT2D eigenvalue weighted by atomic mass is 10.3. The van der Waals surface area contributed by atoms with E-state index in [1.165, 1.54) is 11.3 Å². The molecular weight excluding hydrogens is 240 g/mol. The van der Waals surface area contributed by atoms with Gasteiger partial charge in [0.2, 0.25) is 0 Å². The van der Waals surface area contributed by atoms with Crippen LogP contribution in [0.1, 0.15) is 27.4 Å². The second-order valence-corrected chi connectivity index (χ2v) is 5.82. The Balaban J connectivity index is 2.30. The second-order valence-electron chi connectivity index (χ2n) is 3.58. The minimum absolute atomic E-state index is 0.00560. The molecule has 1 rings (SSSR count). The van der Waals surface area contributed by atoms with Crippen molar-refractivity contribution in [2.75, 3.05) is 24.3 Å². The van der Waals surface area contributed by atoms with Gasteiger partial charge in [-0.25, -0.2) is 0 Å². The molecule has 0 aliphatic heterocycles. The number of nitrogens with two attached hydrogens (primary N) is 1. The van der Waals surface area contributed by atoms with E-state index in [2.05, 4.69) is 11.6 Å². The first-order valence-corrected chi connectivity index (χ1v) is 7.49. The maximum Gasteiger partial charge on any atom is 0.261 e. The highest BCUT2D eigenvalue weighted by Crippen LogP contribution is 2.23. The van der Waals surface area contributed by atoms with Crippen LogP contribution >= 0.6 is 23.1 Å². The molecule has 0 saturated carbocycles. The summed E-state index contributed by atoms with van der Waals surface area (Å²) in [6, 6.07) is 1.75. The van der Waals surface area contributed by atoms with Crippen molar-refractivity contribution in [3.05, 3.63) is 15.8 Å². The third-order valence-corrected chi connectivity index (χ3v) is 4.00. The molecule has 1 amide bonds. The summed E-state index contributed by atoms with van der Waals surface area (Å²) in [4.78, 5) is 13.4. The zero-order valence-corrected chi connectivity index (χ0v) is 11.3. The number of hydrogen-bond acceptors (Lipinski definition) is 4. The molecule has 16 heavy (non-hydrogen) atoms. The fourth-order valence-electron chi connectivity index (χ4n) is 1.27. The number of thiophene rings is 1. The predicted molar refractivity (Wildman–Crippen MR) is 73.4 cm³/mol. The molecule has 3 N–H and O–H groups in total. The lowest BCUT2D eigenvalue weighted by molar-refractivity contribution is 0.0957. The van der Waals surface area contributed by atoms with Crippen molar-refractivity contribution in [2.24, 2.45) is 0 Å². The van der Waals surface area contributed by atoms with Gasteiger partial charge < -0.3 is 11.1 Å². The van der Waals surface area contributed by atoms with E-state index in [0.717, 1.165) is 30.0 Å². The molecule has 0 bridgehead atoms.